The van der Waals surface area contributed by atoms with Crippen LogP contribution in [0.2, 0.25) is 0 Å². The van der Waals surface area contributed by atoms with Gasteiger partial charge in [-0.3, -0.25) is 4.79 Å². The Balaban J connectivity index is 1.80. The van der Waals surface area contributed by atoms with Gasteiger partial charge in [0.05, 0.1) is 5.41 Å². The summed E-state index contributed by atoms with van der Waals surface area (Å²) in [6.45, 7) is 0.481. The monoisotopic (exact) mass is 340 g/mol. The molecule has 0 saturated heterocycles. The highest BCUT2D eigenvalue weighted by molar-refractivity contribution is 7.88. The Morgan fingerprint density at radius 1 is 1.05 bits per heavy atom. The summed E-state index contributed by atoms with van der Waals surface area (Å²) in [5, 5.41) is -3.30. The minimum Gasteiger partial charge on any atom is -0.341 e. The van der Waals surface area contributed by atoms with Crippen molar-refractivity contribution < 1.29 is 36.3 Å². The van der Waals surface area contributed by atoms with Crippen molar-refractivity contribution in [3.8, 4) is 0 Å². The van der Waals surface area contributed by atoms with Crippen LogP contribution in [-0.4, -0.2) is 19.5 Å². The SMILES string of the molecule is CC(OF)(OF)S(=O)(=O)OC(=O)C12CC3CC(CC(C3)C1)C2. The lowest BCUT2D eigenvalue weighted by molar-refractivity contribution is -0.366. The molecule has 0 heterocycles. The maximum atomic E-state index is 12.4. The second kappa shape index (κ2) is 5.10. The van der Waals surface area contributed by atoms with Gasteiger partial charge in [-0.05, 0) is 65.3 Å². The lowest BCUT2D eigenvalue weighted by atomic mass is 9.49. The van der Waals surface area contributed by atoms with Crippen molar-refractivity contribution in [2.24, 2.45) is 23.2 Å². The number of halogens is 2. The second-order valence-corrected chi connectivity index (χ2v) is 8.86. The third-order valence-corrected chi connectivity index (χ3v) is 6.80. The largest absolute Gasteiger partial charge is 0.374 e. The number of carbonyl (C=O) groups excluding carboxylic acids is 1. The van der Waals surface area contributed by atoms with E-state index in [0.29, 0.717) is 43.9 Å². The van der Waals surface area contributed by atoms with Gasteiger partial charge in [-0.2, -0.15) is 8.42 Å². The van der Waals surface area contributed by atoms with Crippen LogP contribution in [0.1, 0.15) is 45.4 Å². The fraction of sp³-hybridized carbons (Fsp3) is 0.923. The topological polar surface area (TPSA) is 78.9 Å². The van der Waals surface area contributed by atoms with E-state index in [9.17, 15) is 22.3 Å². The Labute approximate surface area is 127 Å². The van der Waals surface area contributed by atoms with Gasteiger partial charge in [0.25, 0.3) is 0 Å². The molecule has 0 radical (unpaired) electrons. The van der Waals surface area contributed by atoms with Crippen molar-refractivity contribution >= 4 is 16.1 Å². The number of hydrogen-bond acceptors (Lipinski definition) is 6. The minimum atomic E-state index is -5.06. The molecule has 6 nitrogen and oxygen atoms in total. The zero-order valence-corrected chi connectivity index (χ0v) is 12.9. The molecule has 0 aromatic carbocycles. The zero-order valence-electron chi connectivity index (χ0n) is 12.1. The highest BCUT2D eigenvalue weighted by Gasteiger charge is 2.58. The van der Waals surface area contributed by atoms with Crippen molar-refractivity contribution in [2.75, 3.05) is 0 Å². The Bertz CT molecular complexity index is 536. The fourth-order valence-electron chi connectivity index (χ4n) is 4.71. The zero-order chi connectivity index (χ0) is 16.2. The van der Waals surface area contributed by atoms with Crippen molar-refractivity contribution in [3.63, 3.8) is 0 Å². The molecule has 4 bridgehead atoms. The van der Waals surface area contributed by atoms with Crippen molar-refractivity contribution in [3.05, 3.63) is 0 Å². The molecule has 4 saturated carbocycles. The minimum absolute atomic E-state index is 0.391. The molecule has 0 aromatic heterocycles. The maximum absolute atomic E-state index is 12.4. The number of rotatable bonds is 5. The first-order chi connectivity index (χ1) is 10.2. The molecule has 0 amide bonds. The van der Waals surface area contributed by atoms with Crippen LogP contribution >= 0.6 is 0 Å². The van der Waals surface area contributed by atoms with Crippen LogP contribution in [0.3, 0.4) is 0 Å². The molecule has 4 aliphatic carbocycles. The van der Waals surface area contributed by atoms with Gasteiger partial charge in [0.2, 0.25) is 0 Å². The smallest absolute Gasteiger partial charge is 0.341 e. The molecule has 0 aliphatic heterocycles. The number of carbonyl (C=O) groups is 1. The molecule has 0 atom stereocenters. The Morgan fingerprint density at radius 3 is 1.82 bits per heavy atom. The summed E-state index contributed by atoms with van der Waals surface area (Å²) < 4.78 is 52.8. The van der Waals surface area contributed by atoms with Gasteiger partial charge in [0.1, 0.15) is 0 Å². The van der Waals surface area contributed by atoms with Gasteiger partial charge in [-0.25, -0.2) is 0 Å². The summed E-state index contributed by atoms with van der Waals surface area (Å²) in [7, 11) is -5.06. The summed E-state index contributed by atoms with van der Waals surface area (Å²) in [5.74, 6) is 0.222. The van der Waals surface area contributed by atoms with Gasteiger partial charge in [-0.1, -0.05) is 0 Å². The van der Waals surface area contributed by atoms with Crippen molar-refractivity contribution in [1.29, 1.82) is 0 Å². The lowest BCUT2D eigenvalue weighted by Gasteiger charge is -2.54. The molecule has 4 aliphatic rings. The summed E-state index contributed by atoms with van der Waals surface area (Å²) in [4.78, 5) is 18.5. The van der Waals surface area contributed by atoms with E-state index in [-0.39, 0.29) is 0 Å². The van der Waals surface area contributed by atoms with E-state index in [2.05, 4.69) is 14.1 Å². The summed E-state index contributed by atoms with van der Waals surface area (Å²) in [6.07, 6.45) is 4.86. The molecule has 0 aromatic rings. The number of hydrogen-bond donors (Lipinski definition) is 0. The first-order valence-corrected chi connectivity index (χ1v) is 8.72. The molecule has 22 heavy (non-hydrogen) atoms. The Kier molecular flexibility index (Phi) is 3.73. The molecule has 0 spiro atoms. The molecule has 4 fully saturated rings. The Morgan fingerprint density at radius 2 is 1.45 bits per heavy atom. The standard InChI is InChI=1S/C13H18F2O6S/c1-12(20-14,21-15)22(17,18)19-11(16)13-5-8-2-9(6-13)4-10(3-8)7-13/h8-10H,2-7H2,1H3. The molecule has 0 N–H and O–H groups in total. The molecule has 4 rings (SSSR count). The first kappa shape index (κ1) is 16.1. The third-order valence-electron chi connectivity index (χ3n) is 5.39. The van der Waals surface area contributed by atoms with Crippen LogP contribution in [-0.2, 0) is 29.0 Å². The predicted molar refractivity (Wildman–Crippen MR) is 68.4 cm³/mol. The highest BCUT2D eigenvalue weighted by Crippen LogP contribution is 2.60. The van der Waals surface area contributed by atoms with E-state index in [0.717, 1.165) is 19.3 Å². The van der Waals surface area contributed by atoms with Gasteiger partial charge in [0.15, 0.2) is 0 Å². The van der Waals surface area contributed by atoms with Crippen LogP contribution in [0, 0.1) is 23.2 Å². The van der Waals surface area contributed by atoms with Gasteiger partial charge >= 0.3 is 21.2 Å². The van der Waals surface area contributed by atoms with Crippen LogP contribution in [0.15, 0.2) is 0 Å². The van der Waals surface area contributed by atoms with E-state index in [1.165, 1.54) is 0 Å². The molecule has 126 valence electrons. The Hall–Kier alpha value is -0.800. The maximum Gasteiger partial charge on any atom is 0.374 e. The highest BCUT2D eigenvalue weighted by atomic mass is 32.2. The summed E-state index contributed by atoms with van der Waals surface area (Å²) in [6, 6.07) is 0. The van der Waals surface area contributed by atoms with E-state index in [4.69, 9.17) is 0 Å². The van der Waals surface area contributed by atoms with Gasteiger partial charge < -0.3 is 4.18 Å². The average Bonchev–Trinajstić information content (AvgIpc) is 2.44. The molecule has 9 heteroatoms. The van der Waals surface area contributed by atoms with Crippen LogP contribution in [0.4, 0.5) is 9.05 Å². The van der Waals surface area contributed by atoms with Crippen molar-refractivity contribution in [2.45, 2.75) is 50.6 Å². The van der Waals surface area contributed by atoms with E-state index in [1.54, 1.807) is 0 Å². The summed E-state index contributed by atoms with van der Waals surface area (Å²) in [5.41, 5.74) is -0.866. The first-order valence-electron chi connectivity index (χ1n) is 7.31. The third kappa shape index (κ3) is 2.33. The average molecular weight is 340 g/mol. The van der Waals surface area contributed by atoms with Gasteiger partial charge in [-0.15, -0.1) is 9.88 Å². The van der Waals surface area contributed by atoms with E-state index >= 15 is 0 Å². The normalized spacial score (nSPS) is 37.3. The fourth-order valence-corrected chi connectivity index (χ4v) is 5.40. The summed E-state index contributed by atoms with van der Waals surface area (Å²) >= 11 is 0. The predicted octanol–water partition coefficient (Wildman–Crippen LogP) is 2.55. The van der Waals surface area contributed by atoms with E-state index in [1.807, 2.05) is 0 Å². The molecular formula is C13H18F2O6S. The quantitative estimate of drug-likeness (QED) is 0.565. The van der Waals surface area contributed by atoms with E-state index < -0.39 is 26.6 Å². The van der Waals surface area contributed by atoms with Crippen LogP contribution in [0.5, 0.6) is 0 Å². The van der Waals surface area contributed by atoms with Crippen molar-refractivity contribution in [1.82, 2.24) is 0 Å². The van der Waals surface area contributed by atoms with Crippen LogP contribution in [0.25, 0.3) is 0 Å². The van der Waals surface area contributed by atoms with Crippen LogP contribution < -0.4 is 0 Å². The lowest BCUT2D eigenvalue weighted by Crippen LogP contribution is -2.52. The molecular weight excluding hydrogens is 322 g/mol. The molecule has 0 unspecified atom stereocenters. The van der Waals surface area contributed by atoms with Gasteiger partial charge in [0, 0.05) is 6.92 Å². The second-order valence-electron chi connectivity index (χ2n) is 7.04.